The largest absolute Gasteiger partial charge is 0.335 e. The molecule has 8 heteroatoms. The lowest BCUT2D eigenvalue weighted by atomic mass is 10.00. The molecule has 24 heavy (non-hydrogen) atoms. The number of hydrogen-bond donors (Lipinski definition) is 0. The minimum Gasteiger partial charge on any atom is -0.335 e. The molecule has 0 saturated heterocycles. The first kappa shape index (κ1) is 17.0. The van der Waals surface area contributed by atoms with E-state index in [2.05, 4.69) is 4.98 Å². The zero-order valence-electron chi connectivity index (χ0n) is 13.3. The van der Waals surface area contributed by atoms with Crippen LogP contribution >= 0.6 is 0 Å². The molecule has 3 rings (SSSR count). The smallest absolute Gasteiger partial charge is 0.218 e. The van der Waals surface area contributed by atoms with Crippen molar-refractivity contribution < 1.29 is 17.2 Å². The van der Waals surface area contributed by atoms with Crippen LogP contribution in [0.2, 0.25) is 0 Å². The van der Waals surface area contributed by atoms with Crippen LogP contribution in [0.4, 0.5) is 8.78 Å². The predicted molar refractivity (Wildman–Crippen MR) is 85.6 cm³/mol. The molecule has 0 amide bonds. The normalized spacial score (nSPS) is 17.9. The lowest BCUT2D eigenvalue weighted by Crippen LogP contribution is -2.36. The van der Waals surface area contributed by atoms with Crippen LogP contribution in [-0.4, -0.2) is 35.9 Å². The molecular formula is C16H19F2N3O2S. The van der Waals surface area contributed by atoms with Crippen molar-refractivity contribution in [2.75, 3.05) is 13.6 Å². The summed E-state index contributed by atoms with van der Waals surface area (Å²) in [6.45, 7) is 1.01. The van der Waals surface area contributed by atoms with E-state index in [1.54, 1.807) is 6.20 Å². The van der Waals surface area contributed by atoms with E-state index in [4.69, 9.17) is 0 Å². The van der Waals surface area contributed by atoms with Gasteiger partial charge in [0.05, 0.1) is 5.75 Å². The highest BCUT2D eigenvalue weighted by Crippen LogP contribution is 2.22. The van der Waals surface area contributed by atoms with Gasteiger partial charge in [-0.2, -0.15) is 0 Å². The van der Waals surface area contributed by atoms with E-state index in [9.17, 15) is 17.2 Å². The van der Waals surface area contributed by atoms with E-state index in [1.807, 2.05) is 10.8 Å². The van der Waals surface area contributed by atoms with Crippen molar-refractivity contribution in [2.45, 2.75) is 25.1 Å². The second-order valence-electron chi connectivity index (χ2n) is 6.14. The Morgan fingerprint density at radius 2 is 2.04 bits per heavy atom. The molecule has 130 valence electrons. The number of rotatable bonds is 5. The molecule has 1 aromatic heterocycles. The van der Waals surface area contributed by atoms with E-state index < -0.39 is 33.0 Å². The van der Waals surface area contributed by atoms with E-state index in [1.165, 1.54) is 17.4 Å². The number of benzene rings is 1. The standard InChI is InChI=1S/C16H19F2N3O2S/c1-20(9-12-5-6-16-19-7-8-21(16)10-12)24(22,23)11-13-14(17)3-2-4-15(13)18/h2-4,7-8,12H,5-6,9-11H2,1H3/t12-/m0/s1. The lowest BCUT2D eigenvalue weighted by molar-refractivity contribution is 0.303. The van der Waals surface area contributed by atoms with Crippen molar-refractivity contribution in [1.82, 2.24) is 13.9 Å². The van der Waals surface area contributed by atoms with Crippen molar-refractivity contribution in [3.63, 3.8) is 0 Å². The molecule has 0 unspecified atom stereocenters. The number of aromatic nitrogens is 2. The predicted octanol–water partition coefficient (Wildman–Crippen LogP) is 2.19. The van der Waals surface area contributed by atoms with Gasteiger partial charge in [0.1, 0.15) is 17.5 Å². The van der Waals surface area contributed by atoms with Crippen molar-refractivity contribution in [3.05, 3.63) is 53.6 Å². The summed E-state index contributed by atoms with van der Waals surface area (Å²) in [5.74, 6) is -1.20. The van der Waals surface area contributed by atoms with Gasteiger partial charge in [-0.1, -0.05) is 6.07 Å². The van der Waals surface area contributed by atoms with Gasteiger partial charge in [-0.25, -0.2) is 26.5 Å². The summed E-state index contributed by atoms with van der Waals surface area (Å²) in [7, 11) is -2.34. The molecule has 0 N–H and O–H groups in total. The minimum absolute atomic E-state index is 0.150. The molecule has 1 aliphatic rings. The first-order valence-corrected chi connectivity index (χ1v) is 9.34. The highest BCUT2D eigenvalue weighted by molar-refractivity contribution is 7.88. The number of halogens is 2. The van der Waals surface area contributed by atoms with E-state index in [0.717, 1.165) is 30.8 Å². The Balaban J connectivity index is 1.69. The van der Waals surface area contributed by atoms with E-state index >= 15 is 0 Å². The molecule has 0 aliphatic carbocycles. The van der Waals surface area contributed by atoms with Gasteiger partial charge in [-0.05, 0) is 24.5 Å². The molecule has 1 aromatic carbocycles. The second-order valence-corrected chi connectivity index (χ2v) is 8.21. The Bertz CT molecular complexity index is 815. The Morgan fingerprint density at radius 3 is 2.75 bits per heavy atom. The summed E-state index contributed by atoms with van der Waals surface area (Å²) >= 11 is 0. The maximum Gasteiger partial charge on any atom is 0.218 e. The molecule has 0 fully saturated rings. The van der Waals surface area contributed by atoms with Crippen molar-refractivity contribution >= 4 is 10.0 Å². The zero-order valence-corrected chi connectivity index (χ0v) is 14.1. The second kappa shape index (κ2) is 6.60. The van der Waals surface area contributed by atoms with Crippen LogP contribution in [0.25, 0.3) is 0 Å². The third-order valence-corrected chi connectivity index (χ3v) is 6.16. The van der Waals surface area contributed by atoms with Crippen LogP contribution in [0.1, 0.15) is 17.8 Å². The van der Waals surface area contributed by atoms with Crippen LogP contribution in [-0.2, 0) is 28.7 Å². The molecule has 1 aliphatic heterocycles. The average molecular weight is 355 g/mol. The third kappa shape index (κ3) is 3.49. The molecule has 0 saturated carbocycles. The molecule has 2 heterocycles. The summed E-state index contributed by atoms with van der Waals surface area (Å²) in [6, 6.07) is 3.35. The number of sulfonamides is 1. The van der Waals surface area contributed by atoms with Gasteiger partial charge < -0.3 is 4.57 Å². The summed E-state index contributed by atoms with van der Waals surface area (Å²) in [6.07, 6.45) is 5.25. The Hall–Kier alpha value is -1.80. The van der Waals surface area contributed by atoms with E-state index in [0.29, 0.717) is 13.1 Å². The maximum absolute atomic E-state index is 13.7. The third-order valence-electron chi connectivity index (χ3n) is 4.41. The Labute approximate surface area is 140 Å². The Kier molecular flexibility index (Phi) is 4.69. The fourth-order valence-corrected chi connectivity index (χ4v) is 4.33. The van der Waals surface area contributed by atoms with Gasteiger partial charge in [-0.3, -0.25) is 0 Å². The zero-order chi connectivity index (χ0) is 17.3. The van der Waals surface area contributed by atoms with Gasteiger partial charge in [0.2, 0.25) is 10.0 Å². The number of imidazole rings is 1. The van der Waals surface area contributed by atoms with Crippen molar-refractivity contribution in [1.29, 1.82) is 0 Å². The average Bonchev–Trinajstić information content (AvgIpc) is 2.98. The summed E-state index contributed by atoms with van der Waals surface area (Å²) in [5.41, 5.74) is -0.412. The molecule has 2 aromatic rings. The van der Waals surface area contributed by atoms with Crippen LogP contribution in [0, 0.1) is 17.6 Å². The molecule has 1 atom stereocenters. The SMILES string of the molecule is CN(C[C@@H]1CCc2nccn2C1)S(=O)(=O)Cc1c(F)cccc1F. The summed E-state index contributed by atoms with van der Waals surface area (Å²) in [5, 5.41) is 0. The lowest BCUT2D eigenvalue weighted by Gasteiger charge is -2.27. The maximum atomic E-state index is 13.7. The highest BCUT2D eigenvalue weighted by atomic mass is 32.2. The number of fused-ring (bicyclic) bond motifs is 1. The first-order valence-electron chi connectivity index (χ1n) is 7.74. The topological polar surface area (TPSA) is 55.2 Å². The van der Waals surface area contributed by atoms with Crippen molar-refractivity contribution in [2.24, 2.45) is 5.92 Å². The van der Waals surface area contributed by atoms with Gasteiger partial charge in [-0.15, -0.1) is 0 Å². The molecule has 5 nitrogen and oxygen atoms in total. The van der Waals surface area contributed by atoms with Crippen LogP contribution in [0.5, 0.6) is 0 Å². The van der Waals surface area contributed by atoms with E-state index in [-0.39, 0.29) is 5.92 Å². The minimum atomic E-state index is -3.79. The first-order chi connectivity index (χ1) is 11.4. The molecular weight excluding hydrogens is 336 g/mol. The molecule has 0 radical (unpaired) electrons. The number of hydrogen-bond acceptors (Lipinski definition) is 3. The fourth-order valence-electron chi connectivity index (χ4n) is 3.03. The van der Waals surface area contributed by atoms with Crippen LogP contribution < -0.4 is 0 Å². The van der Waals surface area contributed by atoms with Gasteiger partial charge in [0.25, 0.3) is 0 Å². The number of aryl methyl sites for hydroxylation is 1. The van der Waals surface area contributed by atoms with Crippen molar-refractivity contribution in [3.8, 4) is 0 Å². The molecule has 0 bridgehead atoms. The highest BCUT2D eigenvalue weighted by Gasteiger charge is 2.27. The van der Waals surface area contributed by atoms with Gasteiger partial charge in [0, 0.05) is 44.5 Å². The monoisotopic (exact) mass is 355 g/mol. The summed E-state index contributed by atoms with van der Waals surface area (Å²) < 4.78 is 55.5. The van der Waals surface area contributed by atoms with Crippen LogP contribution in [0.15, 0.2) is 30.6 Å². The van der Waals surface area contributed by atoms with Crippen LogP contribution in [0.3, 0.4) is 0 Å². The van der Waals surface area contributed by atoms with Gasteiger partial charge >= 0.3 is 0 Å². The fraction of sp³-hybridized carbons (Fsp3) is 0.438. The number of nitrogens with zero attached hydrogens (tertiary/aromatic N) is 3. The Morgan fingerprint density at radius 1 is 1.33 bits per heavy atom. The molecule has 0 spiro atoms. The summed E-state index contributed by atoms with van der Waals surface area (Å²) in [4.78, 5) is 4.24. The quantitative estimate of drug-likeness (QED) is 0.826. The van der Waals surface area contributed by atoms with Gasteiger partial charge in [0.15, 0.2) is 0 Å².